The summed E-state index contributed by atoms with van der Waals surface area (Å²) in [5.41, 5.74) is 6.37. The summed E-state index contributed by atoms with van der Waals surface area (Å²) in [5, 5.41) is 17.0. The molecule has 11 heteroatoms. The van der Waals surface area contributed by atoms with Crippen LogP contribution in [0.1, 0.15) is 63.9 Å². The van der Waals surface area contributed by atoms with E-state index in [4.69, 9.17) is 19.1 Å². The molecule has 1 saturated heterocycles. The molecule has 1 atom stereocenters. The Morgan fingerprint density at radius 1 is 1.22 bits per heavy atom. The first-order chi connectivity index (χ1) is 21.6. The summed E-state index contributed by atoms with van der Waals surface area (Å²) in [7, 11) is -1.97. The fourth-order valence-corrected chi connectivity index (χ4v) is 6.66. The summed E-state index contributed by atoms with van der Waals surface area (Å²) < 4.78 is 26.1. The van der Waals surface area contributed by atoms with Crippen molar-refractivity contribution < 1.29 is 13.6 Å². The number of fused-ring (bicyclic) bond motifs is 1. The molecule has 246 valence electrons. The van der Waals surface area contributed by atoms with Gasteiger partial charge in [-0.25, -0.2) is 19.3 Å². The topological polar surface area (TPSA) is 108 Å². The molecule has 0 bridgehead atoms. The summed E-state index contributed by atoms with van der Waals surface area (Å²) in [6, 6.07) is 10.3. The minimum atomic E-state index is -1.97. The number of ether oxygens (including phenoxy) is 1. The van der Waals surface area contributed by atoms with E-state index < -0.39 is 14.5 Å². The van der Waals surface area contributed by atoms with Crippen molar-refractivity contribution in [3.8, 4) is 23.2 Å². The van der Waals surface area contributed by atoms with Crippen LogP contribution in [0.15, 0.2) is 30.5 Å². The molecule has 2 aromatic heterocycles. The van der Waals surface area contributed by atoms with E-state index in [-0.39, 0.29) is 16.6 Å². The molecule has 0 radical (unpaired) electrons. The van der Waals surface area contributed by atoms with E-state index in [0.29, 0.717) is 61.4 Å². The summed E-state index contributed by atoms with van der Waals surface area (Å²) in [6.07, 6.45) is 1.62. The first kappa shape index (κ1) is 33.8. The van der Waals surface area contributed by atoms with Crippen LogP contribution < -0.4 is 15.4 Å². The highest BCUT2D eigenvalue weighted by atomic mass is 28.4. The van der Waals surface area contributed by atoms with Crippen LogP contribution in [-0.4, -0.2) is 73.2 Å². The van der Waals surface area contributed by atoms with E-state index in [1.165, 1.54) is 0 Å². The molecule has 1 aromatic carbocycles. The minimum Gasteiger partial charge on any atom is -0.473 e. The zero-order chi connectivity index (χ0) is 33.4. The summed E-state index contributed by atoms with van der Waals surface area (Å²) in [6.45, 7) is 22.4. The molecule has 2 aliphatic rings. The van der Waals surface area contributed by atoms with Gasteiger partial charge in [0.1, 0.15) is 17.9 Å². The van der Waals surface area contributed by atoms with Crippen molar-refractivity contribution in [3.05, 3.63) is 52.8 Å². The molecule has 0 unspecified atom stereocenters. The Balaban J connectivity index is 1.42. The SMILES string of the molecule is Cc1cc(Nc2nccc(-c3cc(C#N)c4c(c3)[C@@](C)(CO[Si](C)(C)C(C)(C)C)CN4)n2)c(OC(C)C)nc1CCN1CC(F)C1. The van der Waals surface area contributed by atoms with Gasteiger partial charge in [0.05, 0.1) is 23.0 Å². The van der Waals surface area contributed by atoms with Gasteiger partial charge in [-0.3, -0.25) is 4.90 Å². The quantitative estimate of drug-likeness (QED) is 0.210. The standard InChI is InChI=1S/C35H48FN7O2Si/c1-22(2)45-32-30(14-23(3)28(40-32)11-13-43-18-26(36)19-43)42-33-38-12-10-29(41-33)24-15-25(17-37)31-27(16-24)35(7,20-39-31)21-44-46(8,9)34(4,5)6/h10,12,14-16,22,26,39H,11,13,18-21H2,1-9H3,(H,38,41,42)/t35-/m1/s1. The van der Waals surface area contributed by atoms with E-state index in [0.717, 1.165) is 34.6 Å². The Bertz CT molecular complexity index is 1630. The number of benzene rings is 1. The number of hydrogen-bond acceptors (Lipinski definition) is 9. The van der Waals surface area contributed by atoms with Crippen molar-refractivity contribution >= 4 is 25.6 Å². The normalized spacial score (nSPS) is 18.6. The van der Waals surface area contributed by atoms with Gasteiger partial charge in [0.15, 0.2) is 8.32 Å². The number of likely N-dealkylation sites (tertiary alicyclic amines) is 1. The number of rotatable bonds is 11. The lowest BCUT2D eigenvalue weighted by Crippen LogP contribution is -2.49. The van der Waals surface area contributed by atoms with Gasteiger partial charge in [0.25, 0.3) is 0 Å². The number of hydrogen-bond donors (Lipinski definition) is 2. The molecule has 1 fully saturated rings. The van der Waals surface area contributed by atoms with Crippen LogP contribution in [0, 0.1) is 18.3 Å². The Hall–Kier alpha value is -3.59. The molecule has 4 heterocycles. The number of aryl methyl sites for hydroxylation is 1. The molecule has 2 aliphatic heterocycles. The lowest BCUT2D eigenvalue weighted by Gasteiger charge is -2.39. The van der Waals surface area contributed by atoms with Gasteiger partial charge in [0.2, 0.25) is 11.8 Å². The van der Waals surface area contributed by atoms with Crippen molar-refractivity contribution in [1.29, 1.82) is 5.26 Å². The molecule has 9 nitrogen and oxygen atoms in total. The lowest BCUT2D eigenvalue weighted by atomic mass is 9.83. The monoisotopic (exact) mass is 645 g/mol. The van der Waals surface area contributed by atoms with E-state index in [2.05, 4.69) is 73.4 Å². The van der Waals surface area contributed by atoms with Crippen LogP contribution in [0.5, 0.6) is 5.88 Å². The number of anilines is 3. The van der Waals surface area contributed by atoms with Gasteiger partial charge >= 0.3 is 0 Å². The van der Waals surface area contributed by atoms with E-state index >= 15 is 0 Å². The van der Waals surface area contributed by atoms with Gasteiger partial charge in [0, 0.05) is 62.1 Å². The number of alkyl halides is 1. The zero-order valence-electron chi connectivity index (χ0n) is 28.7. The third-order valence-electron chi connectivity index (χ3n) is 9.53. The number of halogens is 1. The third kappa shape index (κ3) is 7.19. The van der Waals surface area contributed by atoms with Crippen molar-refractivity contribution in [2.24, 2.45) is 0 Å². The Labute approximate surface area is 274 Å². The lowest BCUT2D eigenvalue weighted by molar-refractivity contribution is 0.0667. The predicted molar refractivity (Wildman–Crippen MR) is 184 cm³/mol. The smallest absolute Gasteiger partial charge is 0.238 e. The Morgan fingerprint density at radius 3 is 2.61 bits per heavy atom. The Kier molecular flexibility index (Phi) is 9.46. The number of nitriles is 1. The van der Waals surface area contributed by atoms with Crippen molar-refractivity contribution in [2.45, 2.75) is 90.7 Å². The highest BCUT2D eigenvalue weighted by Crippen LogP contribution is 2.44. The van der Waals surface area contributed by atoms with Crippen LogP contribution in [0.4, 0.5) is 21.7 Å². The second-order valence-corrected chi connectivity index (χ2v) is 19.6. The Morgan fingerprint density at radius 2 is 1.96 bits per heavy atom. The maximum Gasteiger partial charge on any atom is 0.238 e. The summed E-state index contributed by atoms with van der Waals surface area (Å²) in [4.78, 5) is 16.3. The molecule has 3 aromatic rings. The average Bonchev–Trinajstić information content (AvgIpc) is 3.31. The van der Waals surface area contributed by atoms with E-state index in [9.17, 15) is 9.65 Å². The summed E-state index contributed by atoms with van der Waals surface area (Å²) in [5.74, 6) is 0.875. The molecule has 0 amide bonds. The molecule has 46 heavy (non-hydrogen) atoms. The second kappa shape index (κ2) is 12.9. The van der Waals surface area contributed by atoms with Gasteiger partial charge in [-0.05, 0) is 74.3 Å². The number of nitrogens with one attached hydrogen (secondary N) is 2. The second-order valence-electron chi connectivity index (χ2n) is 14.8. The zero-order valence-corrected chi connectivity index (χ0v) is 29.7. The average molecular weight is 646 g/mol. The first-order valence-electron chi connectivity index (χ1n) is 16.2. The van der Waals surface area contributed by atoms with Crippen LogP contribution in [0.2, 0.25) is 18.1 Å². The van der Waals surface area contributed by atoms with Crippen molar-refractivity contribution in [3.63, 3.8) is 0 Å². The van der Waals surface area contributed by atoms with E-state index in [1.54, 1.807) is 6.20 Å². The van der Waals surface area contributed by atoms with E-state index in [1.807, 2.05) is 39.0 Å². The fourth-order valence-electron chi connectivity index (χ4n) is 5.55. The number of nitrogens with zero attached hydrogens (tertiary/aromatic N) is 5. The maximum atomic E-state index is 13.3. The highest BCUT2D eigenvalue weighted by molar-refractivity contribution is 6.74. The minimum absolute atomic E-state index is 0.0853. The van der Waals surface area contributed by atoms with Crippen molar-refractivity contribution in [2.75, 3.05) is 43.4 Å². The molecule has 0 aliphatic carbocycles. The maximum absolute atomic E-state index is 13.3. The predicted octanol–water partition coefficient (Wildman–Crippen LogP) is 7.15. The molecule has 2 N–H and O–H groups in total. The largest absolute Gasteiger partial charge is 0.473 e. The van der Waals surface area contributed by atoms with Gasteiger partial charge in [-0.1, -0.05) is 27.7 Å². The van der Waals surface area contributed by atoms with Crippen LogP contribution in [-0.2, 0) is 16.3 Å². The number of aromatic nitrogens is 3. The first-order valence-corrected chi connectivity index (χ1v) is 19.1. The van der Waals surface area contributed by atoms with Gasteiger partial charge in [-0.15, -0.1) is 0 Å². The molecule has 0 spiro atoms. The van der Waals surface area contributed by atoms with Gasteiger partial charge < -0.3 is 19.8 Å². The molecular formula is C35H48FN7O2Si. The highest BCUT2D eigenvalue weighted by Gasteiger charge is 2.42. The van der Waals surface area contributed by atoms with Crippen LogP contribution in [0.3, 0.4) is 0 Å². The molecule has 0 saturated carbocycles. The fraction of sp³-hybridized carbons (Fsp3) is 0.543. The molecular weight excluding hydrogens is 598 g/mol. The molecule has 5 rings (SSSR count). The van der Waals surface area contributed by atoms with Crippen LogP contribution in [0.25, 0.3) is 11.3 Å². The summed E-state index contributed by atoms with van der Waals surface area (Å²) >= 11 is 0. The van der Waals surface area contributed by atoms with Crippen LogP contribution >= 0.6 is 0 Å². The third-order valence-corrected chi connectivity index (χ3v) is 14.0. The number of pyridine rings is 1. The van der Waals surface area contributed by atoms with Gasteiger partial charge in [-0.2, -0.15) is 5.26 Å². The van der Waals surface area contributed by atoms with Crippen molar-refractivity contribution in [1.82, 2.24) is 19.9 Å².